The van der Waals surface area contributed by atoms with E-state index in [0.717, 1.165) is 0 Å². The van der Waals surface area contributed by atoms with Crippen molar-refractivity contribution in [2.75, 3.05) is 11.7 Å². The van der Waals surface area contributed by atoms with E-state index in [4.69, 9.17) is 23.4 Å². The Labute approximate surface area is 126 Å². The molecule has 2 amide bonds. The maximum absolute atomic E-state index is 12.6. The van der Waals surface area contributed by atoms with Crippen LogP contribution in [0.4, 0.5) is 20.6 Å². The smallest absolute Gasteiger partial charge is 0.260 e. The number of carbonyl (C=O) groups is 1. The van der Waals surface area contributed by atoms with Crippen molar-refractivity contribution in [1.29, 1.82) is 0 Å². The first-order valence-electron chi connectivity index (χ1n) is 5.78. The molecular weight excluding hydrogens is 302 g/mol. The quantitative estimate of drug-likeness (QED) is 0.579. The highest BCUT2D eigenvalue weighted by Gasteiger charge is 2.24. The Bertz CT molecular complexity index is 595. The molecule has 0 fully saturated rings. The molecule has 0 aliphatic rings. The summed E-state index contributed by atoms with van der Waals surface area (Å²) in [5.41, 5.74) is 0.981. The van der Waals surface area contributed by atoms with E-state index in [0.29, 0.717) is 20.8 Å². The molecule has 0 saturated heterocycles. The number of nitrogens with zero attached hydrogens (tertiary/aromatic N) is 2. The van der Waals surface area contributed by atoms with Crippen LogP contribution in [0.3, 0.4) is 0 Å². The van der Waals surface area contributed by atoms with Crippen LogP contribution in [0.5, 0.6) is 0 Å². The Hall–Kier alpha value is -1.78. The number of alkyl halides is 1. The Balaban J connectivity index is 2.51. The van der Waals surface area contributed by atoms with Crippen molar-refractivity contribution in [1.82, 2.24) is 4.42 Å². The minimum atomic E-state index is -1.10. The van der Waals surface area contributed by atoms with Gasteiger partial charge in [0.25, 0.3) is 0 Å². The van der Waals surface area contributed by atoms with Crippen molar-refractivity contribution in [3.05, 3.63) is 59.6 Å². The van der Waals surface area contributed by atoms with Crippen molar-refractivity contribution >= 4 is 40.8 Å². The maximum atomic E-state index is 12.6. The fourth-order valence-corrected chi connectivity index (χ4v) is 2.02. The van der Waals surface area contributed by atoms with E-state index in [1.807, 2.05) is 6.07 Å². The zero-order valence-electron chi connectivity index (χ0n) is 10.3. The van der Waals surface area contributed by atoms with Gasteiger partial charge in [0, 0.05) is 11.8 Å². The van der Waals surface area contributed by atoms with Crippen LogP contribution in [0.25, 0.3) is 0 Å². The molecule has 0 saturated carbocycles. The fraction of sp³-hybridized carbons (Fsp3) is 0.0714. The van der Waals surface area contributed by atoms with Gasteiger partial charge in [0.15, 0.2) is 6.80 Å². The molecule has 6 heteroatoms. The lowest BCUT2D eigenvalue weighted by molar-refractivity contribution is 0.219. The van der Waals surface area contributed by atoms with Gasteiger partial charge in [-0.2, -0.15) is 0 Å². The van der Waals surface area contributed by atoms with Crippen LogP contribution in [0.1, 0.15) is 0 Å². The third-order valence-electron chi connectivity index (χ3n) is 2.61. The Morgan fingerprint density at radius 3 is 2.25 bits per heavy atom. The predicted molar refractivity (Wildman–Crippen MR) is 79.1 cm³/mol. The SMILES string of the molecule is O=C(N(Cl)CF)N(c1ccccc1)c1ccccc1Cl. The van der Waals surface area contributed by atoms with E-state index in [1.165, 1.54) is 4.90 Å². The first-order valence-corrected chi connectivity index (χ1v) is 6.49. The highest BCUT2D eigenvalue weighted by atomic mass is 35.5. The van der Waals surface area contributed by atoms with Crippen molar-refractivity contribution in [3.8, 4) is 0 Å². The lowest BCUT2D eigenvalue weighted by atomic mass is 10.2. The number of hydrogen-bond donors (Lipinski definition) is 0. The number of hydrogen-bond acceptors (Lipinski definition) is 1. The summed E-state index contributed by atoms with van der Waals surface area (Å²) in [7, 11) is 0. The van der Waals surface area contributed by atoms with Gasteiger partial charge in [0.2, 0.25) is 0 Å². The van der Waals surface area contributed by atoms with Gasteiger partial charge in [0.1, 0.15) is 0 Å². The maximum Gasteiger partial charge on any atom is 0.346 e. The summed E-state index contributed by atoms with van der Waals surface area (Å²) >= 11 is 11.7. The molecule has 0 N–H and O–H groups in total. The molecule has 0 atom stereocenters. The summed E-state index contributed by atoms with van der Waals surface area (Å²) in [6, 6.07) is 14.8. The molecular formula is C14H11Cl2FN2O. The molecule has 20 heavy (non-hydrogen) atoms. The van der Waals surface area contributed by atoms with Crippen LogP contribution in [-0.4, -0.2) is 17.2 Å². The zero-order chi connectivity index (χ0) is 14.5. The second-order valence-corrected chi connectivity index (χ2v) is 4.70. The highest BCUT2D eigenvalue weighted by Crippen LogP contribution is 2.32. The molecule has 0 unspecified atom stereocenters. The average Bonchev–Trinajstić information content (AvgIpc) is 2.49. The molecule has 2 rings (SSSR count). The summed E-state index contributed by atoms with van der Waals surface area (Å²) in [6.07, 6.45) is 0. The minimum absolute atomic E-state index is 0.369. The lowest BCUT2D eigenvalue weighted by Crippen LogP contribution is -2.35. The Morgan fingerprint density at radius 2 is 1.65 bits per heavy atom. The van der Waals surface area contributed by atoms with Gasteiger partial charge < -0.3 is 0 Å². The molecule has 0 radical (unpaired) electrons. The van der Waals surface area contributed by atoms with Gasteiger partial charge in [0.05, 0.1) is 16.4 Å². The second kappa shape index (κ2) is 6.59. The summed E-state index contributed by atoms with van der Waals surface area (Å²) in [6.45, 7) is -1.10. The topological polar surface area (TPSA) is 23.6 Å². The molecule has 2 aromatic carbocycles. The van der Waals surface area contributed by atoms with Gasteiger partial charge in [-0.15, -0.1) is 0 Å². The van der Waals surface area contributed by atoms with Crippen LogP contribution >= 0.6 is 23.4 Å². The zero-order valence-corrected chi connectivity index (χ0v) is 11.9. The van der Waals surface area contributed by atoms with E-state index < -0.39 is 12.8 Å². The molecule has 0 bridgehead atoms. The minimum Gasteiger partial charge on any atom is -0.260 e. The number of halogens is 3. The molecule has 2 aromatic rings. The Kier molecular flexibility index (Phi) is 4.82. The molecule has 3 nitrogen and oxygen atoms in total. The van der Waals surface area contributed by atoms with Gasteiger partial charge in [-0.25, -0.2) is 13.6 Å². The van der Waals surface area contributed by atoms with Crippen molar-refractivity contribution in [2.45, 2.75) is 0 Å². The Morgan fingerprint density at radius 1 is 1.05 bits per heavy atom. The van der Waals surface area contributed by atoms with Crippen LogP contribution < -0.4 is 4.90 Å². The largest absolute Gasteiger partial charge is 0.346 e. The van der Waals surface area contributed by atoms with Crippen LogP contribution in [0.2, 0.25) is 5.02 Å². The monoisotopic (exact) mass is 312 g/mol. The first kappa shape index (κ1) is 14.6. The number of urea groups is 1. The fourth-order valence-electron chi connectivity index (χ4n) is 1.72. The van der Waals surface area contributed by atoms with E-state index in [9.17, 15) is 9.18 Å². The normalized spacial score (nSPS) is 10.2. The number of rotatable bonds is 3. The van der Waals surface area contributed by atoms with Gasteiger partial charge in [-0.05, 0) is 24.3 Å². The predicted octanol–water partition coefficient (Wildman–Crippen LogP) is 4.98. The van der Waals surface area contributed by atoms with Crippen LogP contribution in [-0.2, 0) is 0 Å². The van der Waals surface area contributed by atoms with Crippen molar-refractivity contribution in [2.24, 2.45) is 0 Å². The number of amides is 2. The number of carbonyl (C=O) groups excluding carboxylic acids is 1. The van der Waals surface area contributed by atoms with E-state index >= 15 is 0 Å². The van der Waals surface area contributed by atoms with Crippen LogP contribution in [0.15, 0.2) is 54.6 Å². The number of para-hydroxylation sites is 2. The standard InChI is InChI=1S/C14H11Cl2FN2O/c15-12-8-4-5-9-13(12)19(14(20)18(16)10-17)11-6-2-1-3-7-11/h1-9H,10H2. The lowest BCUT2D eigenvalue weighted by Gasteiger charge is -2.26. The van der Waals surface area contributed by atoms with Crippen molar-refractivity contribution < 1.29 is 9.18 Å². The summed E-state index contributed by atoms with van der Waals surface area (Å²) in [5.74, 6) is 0. The molecule has 0 spiro atoms. The van der Waals surface area contributed by atoms with Crippen LogP contribution in [0, 0.1) is 0 Å². The number of anilines is 2. The molecule has 0 heterocycles. The molecule has 0 aliphatic carbocycles. The van der Waals surface area contributed by atoms with Gasteiger partial charge in [-0.3, -0.25) is 4.90 Å². The van der Waals surface area contributed by atoms with E-state index in [1.54, 1.807) is 48.5 Å². The van der Waals surface area contributed by atoms with Crippen molar-refractivity contribution in [3.63, 3.8) is 0 Å². The van der Waals surface area contributed by atoms with Gasteiger partial charge >= 0.3 is 6.03 Å². The molecule has 104 valence electrons. The first-order chi connectivity index (χ1) is 9.65. The average molecular weight is 313 g/mol. The molecule has 0 aliphatic heterocycles. The van der Waals surface area contributed by atoms with E-state index in [2.05, 4.69) is 0 Å². The summed E-state index contributed by atoms with van der Waals surface area (Å²) in [5, 5.41) is 0.369. The third-order valence-corrected chi connectivity index (χ3v) is 3.17. The highest BCUT2D eigenvalue weighted by molar-refractivity contribution is 6.34. The summed E-state index contributed by atoms with van der Waals surface area (Å²) < 4.78 is 13.1. The second-order valence-electron chi connectivity index (χ2n) is 3.89. The third kappa shape index (κ3) is 3.03. The number of benzene rings is 2. The summed E-state index contributed by atoms with van der Waals surface area (Å²) in [4.78, 5) is 13.5. The molecule has 0 aromatic heterocycles. The van der Waals surface area contributed by atoms with E-state index in [-0.39, 0.29) is 0 Å². The van der Waals surface area contributed by atoms with Gasteiger partial charge in [-0.1, -0.05) is 41.9 Å².